The van der Waals surface area contributed by atoms with E-state index in [-0.39, 0.29) is 12.1 Å². The van der Waals surface area contributed by atoms with E-state index in [1.807, 2.05) is 0 Å². The number of nitrogens with zero attached hydrogens (tertiary/aromatic N) is 2. The first-order valence-electron chi connectivity index (χ1n) is 9.24. The van der Waals surface area contributed by atoms with Gasteiger partial charge in [0.05, 0.1) is 22.1 Å². The summed E-state index contributed by atoms with van der Waals surface area (Å²) in [6.07, 6.45) is -3.24. The highest BCUT2D eigenvalue weighted by Gasteiger charge is 2.41. The third-order valence-electron chi connectivity index (χ3n) is 4.59. The van der Waals surface area contributed by atoms with E-state index in [0.717, 1.165) is 34.9 Å². The van der Waals surface area contributed by atoms with Gasteiger partial charge in [-0.1, -0.05) is 18.2 Å². The van der Waals surface area contributed by atoms with Crippen molar-refractivity contribution < 1.29 is 27.6 Å². The zero-order chi connectivity index (χ0) is 22.9. The van der Waals surface area contributed by atoms with Gasteiger partial charge in [0.15, 0.2) is 5.13 Å². The second-order valence-electron chi connectivity index (χ2n) is 6.71. The molecule has 0 bridgehead atoms. The number of thioether (sulfide) groups is 1. The average molecular weight is 477 g/mol. The minimum Gasteiger partial charge on any atom is -0.298 e. The maximum Gasteiger partial charge on any atom is 0.416 e. The molecule has 1 fully saturated rings. The largest absolute Gasteiger partial charge is 0.416 e. The molecule has 11 heteroatoms. The van der Waals surface area contributed by atoms with E-state index in [2.05, 4.69) is 10.3 Å². The van der Waals surface area contributed by atoms with Crippen LogP contribution in [0.4, 0.5) is 24.0 Å². The normalized spacial score (nSPS) is 16.5. The summed E-state index contributed by atoms with van der Waals surface area (Å²) in [5, 5.41) is 3.92. The van der Waals surface area contributed by atoms with Crippen LogP contribution in [0, 0.1) is 0 Å². The van der Waals surface area contributed by atoms with Crippen LogP contribution >= 0.6 is 23.1 Å². The Balaban J connectivity index is 1.55. The lowest BCUT2D eigenvalue weighted by atomic mass is 10.2. The van der Waals surface area contributed by atoms with Crippen LogP contribution in [-0.2, 0) is 15.8 Å². The number of alkyl halides is 3. The van der Waals surface area contributed by atoms with Crippen molar-refractivity contribution in [2.75, 3.05) is 10.2 Å². The maximum absolute atomic E-state index is 13.0. The number of nitrogens with one attached hydrogen (secondary N) is 1. The van der Waals surface area contributed by atoms with E-state index in [0.29, 0.717) is 15.6 Å². The Hall–Kier alpha value is -3.18. The summed E-state index contributed by atoms with van der Waals surface area (Å²) in [4.78, 5) is 43.3. The standard InChI is InChI=1S/C21H14F3N3O3S2/c22-21(23,24)12-4-3-5-13(10-12)27-17(28)11-16(19(27)30)32-15-7-2-1-6-14(15)18(29)26-20-25-8-9-31-20/h1-10,16H,11H2,(H,25,26,29). The summed E-state index contributed by atoms with van der Waals surface area (Å²) in [7, 11) is 0. The molecule has 6 nitrogen and oxygen atoms in total. The number of carbonyl (C=O) groups is 3. The summed E-state index contributed by atoms with van der Waals surface area (Å²) >= 11 is 2.28. The molecule has 1 N–H and O–H groups in total. The predicted molar refractivity (Wildman–Crippen MR) is 115 cm³/mol. The third-order valence-corrected chi connectivity index (χ3v) is 6.54. The van der Waals surface area contributed by atoms with Crippen molar-refractivity contribution in [1.29, 1.82) is 0 Å². The fourth-order valence-electron chi connectivity index (χ4n) is 3.15. The summed E-state index contributed by atoms with van der Waals surface area (Å²) in [6.45, 7) is 0. The molecule has 1 saturated heterocycles. The molecule has 32 heavy (non-hydrogen) atoms. The van der Waals surface area contributed by atoms with Crippen LogP contribution < -0.4 is 10.2 Å². The number of hydrogen-bond donors (Lipinski definition) is 1. The summed E-state index contributed by atoms with van der Waals surface area (Å²) in [5.74, 6) is -1.65. The van der Waals surface area contributed by atoms with Crippen LogP contribution in [0.25, 0.3) is 0 Å². The van der Waals surface area contributed by atoms with Gasteiger partial charge in [0.25, 0.3) is 5.91 Å². The number of halogens is 3. The molecule has 1 aliphatic rings. The van der Waals surface area contributed by atoms with Gasteiger partial charge >= 0.3 is 6.18 Å². The monoisotopic (exact) mass is 477 g/mol. The highest BCUT2D eigenvalue weighted by Crippen LogP contribution is 2.37. The van der Waals surface area contributed by atoms with Gasteiger partial charge in [0.1, 0.15) is 0 Å². The van der Waals surface area contributed by atoms with Crippen molar-refractivity contribution >= 4 is 51.6 Å². The molecule has 0 spiro atoms. The number of anilines is 2. The molecule has 3 amide bonds. The number of amides is 3. The van der Waals surface area contributed by atoms with Gasteiger partial charge in [-0.05, 0) is 30.3 Å². The zero-order valence-electron chi connectivity index (χ0n) is 16.1. The fourth-order valence-corrected chi connectivity index (χ4v) is 4.86. The van der Waals surface area contributed by atoms with E-state index < -0.39 is 34.7 Å². The summed E-state index contributed by atoms with van der Waals surface area (Å²) < 4.78 is 39.1. The molecule has 1 unspecified atom stereocenters. The van der Waals surface area contributed by atoms with Gasteiger partial charge < -0.3 is 0 Å². The van der Waals surface area contributed by atoms with Crippen LogP contribution in [0.2, 0.25) is 0 Å². The van der Waals surface area contributed by atoms with Crippen molar-refractivity contribution in [3.05, 3.63) is 71.2 Å². The summed E-state index contributed by atoms with van der Waals surface area (Å²) in [6, 6.07) is 10.7. The number of benzene rings is 2. The van der Waals surface area contributed by atoms with Gasteiger partial charge in [0, 0.05) is 22.9 Å². The second-order valence-corrected chi connectivity index (χ2v) is 8.85. The molecular weight excluding hydrogens is 463 g/mol. The molecular formula is C21H14F3N3O3S2. The maximum atomic E-state index is 13.0. The van der Waals surface area contributed by atoms with Gasteiger partial charge in [-0.3, -0.25) is 19.7 Å². The lowest BCUT2D eigenvalue weighted by Crippen LogP contribution is -2.31. The Morgan fingerprint density at radius 3 is 2.66 bits per heavy atom. The van der Waals surface area contributed by atoms with Crippen molar-refractivity contribution in [3.63, 3.8) is 0 Å². The predicted octanol–water partition coefficient (Wildman–Crippen LogP) is 4.84. The molecule has 2 heterocycles. The zero-order valence-corrected chi connectivity index (χ0v) is 17.8. The first-order valence-corrected chi connectivity index (χ1v) is 11.0. The lowest BCUT2D eigenvalue weighted by Gasteiger charge is -2.17. The van der Waals surface area contributed by atoms with E-state index in [1.165, 1.54) is 17.4 Å². The molecule has 1 atom stereocenters. The number of aromatic nitrogens is 1. The second kappa shape index (κ2) is 8.75. The Kier molecular flexibility index (Phi) is 6.02. The molecule has 4 rings (SSSR count). The first kappa shape index (κ1) is 22.0. The van der Waals surface area contributed by atoms with Crippen molar-refractivity contribution in [2.45, 2.75) is 22.7 Å². The van der Waals surface area contributed by atoms with E-state index in [1.54, 1.807) is 35.8 Å². The van der Waals surface area contributed by atoms with Gasteiger partial charge in [-0.2, -0.15) is 13.2 Å². The first-order chi connectivity index (χ1) is 15.2. The third kappa shape index (κ3) is 4.53. The van der Waals surface area contributed by atoms with Crippen LogP contribution in [0.1, 0.15) is 22.3 Å². The van der Waals surface area contributed by atoms with Crippen LogP contribution in [0.3, 0.4) is 0 Å². The van der Waals surface area contributed by atoms with E-state index in [4.69, 9.17) is 0 Å². The van der Waals surface area contributed by atoms with Crippen molar-refractivity contribution in [3.8, 4) is 0 Å². The number of hydrogen-bond acceptors (Lipinski definition) is 6. The highest BCUT2D eigenvalue weighted by atomic mass is 32.2. The molecule has 0 aliphatic carbocycles. The molecule has 164 valence electrons. The Morgan fingerprint density at radius 2 is 1.94 bits per heavy atom. The lowest BCUT2D eigenvalue weighted by molar-refractivity contribution is -0.137. The van der Waals surface area contributed by atoms with E-state index in [9.17, 15) is 27.6 Å². The molecule has 3 aromatic rings. The fraction of sp³-hybridized carbons (Fsp3) is 0.143. The summed E-state index contributed by atoms with van der Waals surface area (Å²) in [5.41, 5.74) is -0.783. The van der Waals surface area contributed by atoms with Gasteiger partial charge in [0.2, 0.25) is 11.8 Å². The highest BCUT2D eigenvalue weighted by molar-refractivity contribution is 8.00. The SMILES string of the molecule is O=C(Nc1nccs1)c1ccccc1SC1CC(=O)N(c2cccc(C(F)(F)F)c2)C1=O. The van der Waals surface area contributed by atoms with Crippen LogP contribution in [-0.4, -0.2) is 28.0 Å². The quantitative estimate of drug-likeness (QED) is 0.532. The molecule has 0 radical (unpaired) electrons. The van der Waals surface area contributed by atoms with Gasteiger partial charge in [-0.15, -0.1) is 23.1 Å². The number of carbonyl (C=O) groups excluding carboxylic acids is 3. The Morgan fingerprint density at radius 1 is 1.16 bits per heavy atom. The topological polar surface area (TPSA) is 79.4 Å². The van der Waals surface area contributed by atoms with E-state index >= 15 is 0 Å². The minimum atomic E-state index is -4.60. The molecule has 2 aromatic carbocycles. The van der Waals surface area contributed by atoms with Crippen molar-refractivity contribution in [2.24, 2.45) is 0 Å². The minimum absolute atomic E-state index is 0.132. The molecule has 1 aromatic heterocycles. The van der Waals surface area contributed by atoms with Gasteiger partial charge in [-0.25, -0.2) is 9.88 Å². The Labute approximate surface area is 188 Å². The number of thiazole rings is 1. The van der Waals surface area contributed by atoms with Crippen LogP contribution in [0.15, 0.2) is 65.0 Å². The number of imide groups is 1. The van der Waals surface area contributed by atoms with Crippen LogP contribution in [0.5, 0.6) is 0 Å². The Bertz CT molecular complexity index is 1180. The number of rotatable bonds is 5. The van der Waals surface area contributed by atoms with Crippen molar-refractivity contribution in [1.82, 2.24) is 4.98 Å². The molecule has 0 saturated carbocycles. The average Bonchev–Trinajstić information content (AvgIpc) is 3.35. The smallest absolute Gasteiger partial charge is 0.298 e. The molecule has 1 aliphatic heterocycles.